The molecule has 0 amide bonds. The number of carbonyl (C=O) groups is 1. The Balaban J connectivity index is 1.90. The number of benzene rings is 2. The van der Waals surface area contributed by atoms with Gasteiger partial charge in [0, 0.05) is 5.56 Å². The first kappa shape index (κ1) is 22.5. The molecule has 33 heavy (non-hydrogen) atoms. The fourth-order valence-electron chi connectivity index (χ4n) is 3.80. The van der Waals surface area contributed by atoms with Crippen LogP contribution in [-0.2, 0) is 9.53 Å². The summed E-state index contributed by atoms with van der Waals surface area (Å²) in [5.74, 6) is 0.0884. The molecule has 0 aliphatic carbocycles. The number of esters is 1. The Labute approximate surface area is 195 Å². The second-order valence-corrected chi connectivity index (χ2v) is 8.35. The van der Waals surface area contributed by atoms with Gasteiger partial charge in [0.05, 0.1) is 29.5 Å². The molecule has 0 fully saturated rings. The molecule has 0 saturated carbocycles. The van der Waals surface area contributed by atoms with Gasteiger partial charge in [-0.15, -0.1) is 0 Å². The minimum absolute atomic E-state index is 0.221. The van der Waals surface area contributed by atoms with Crippen LogP contribution in [0.2, 0.25) is 0 Å². The molecule has 1 aliphatic heterocycles. The van der Waals surface area contributed by atoms with Crippen LogP contribution >= 0.6 is 11.3 Å². The average Bonchev–Trinajstić information content (AvgIpc) is 3.13. The van der Waals surface area contributed by atoms with Crippen molar-refractivity contribution in [3.05, 3.63) is 103 Å². The molecule has 2 heterocycles. The molecule has 0 radical (unpaired) electrons. The van der Waals surface area contributed by atoms with E-state index in [2.05, 4.69) is 4.99 Å². The number of ether oxygens (including phenoxy) is 2. The molecule has 1 aromatic heterocycles. The Morgan fingerprint density at radius 1 is 1.15 bits per heavy atom. The van der Waals surface area contributed by atoms with E-state index >= 15 is 0 Å². The number of carbonyl (C=O) groups excluding carboxylic acids is 1. The van der Waals surface area contributed by atoms with Gasteiger partial charge in [-0.25, -0.2) is 9.79 Å². The van der Waals surface area contributed by atoms with Crippen LogP contribution in [0.3, 0.4) is 0 Å². The molecular formula is C26H24N2O4S. The molecule has 1 atom stereocenters. The maximum Gasteiger partial charge on any atom is 0.338 e. The zero-order valence-corrected chi connectivity index (χ0v) is 19.5. The van der Waals surface area contributed by atoms with Crippen molar-refractivity contribution >= 4 is 29.5 Å². The first-order valence-electron chi connectivity index (χ1n) is 10.6. The van der Waals surface area contributed by atoms with Gasteiger partial charge in [-0.1, -0.05) is 72.0 Å². The number of fused-ring (bicyclic) bond motifs is 1. The van der Waals surface area contributed by atoms with Gasteiger partial charge in [0.25, 0.3) is 5.56 Å². The fraction of sp³-hybridized carbons (Fsp3) is 0.192. The van der Waals surface area contributed by atoms with Crippen molar-refractivity contribution in [2.75, 3.05) is 13.7 Å². The molecule has 168 valence electrons. The SMILES string of the molecule is CCOC(=O)C1=C(C)N=c2sc(=CC=Cc3ccccc3)c(=O)n2C1c1ccccc1OC. The Hall–Kier alpha value is -3.71. The number of thiazole rings is 1. The number of hydrogen-bond donors (Lipinski definition) is 0. The van der Waals surface area contributed by atoms with Crippen LogP contribution in [0, 0.1) is 0 Å². The highest BCUT2D eigenvalue weighted by Gasteiger charge is 2.34. The summed E-state index contributed by atoms with van der Waals surface area (Å²) in [4.78, 5) is 31.6. The van der Waals surface area contributed by atoms with Gasteiger partial charge in [0.15, 0.2) is 4.80 Å². The van der Waals surface area contributed by atoms with Crippen molar-refractivity contribution in [1.29, 1.82) is 0 Å². The second-order valence-electron chi connectivity index (χ2n) is 7.34. The summed E-state index contributed by atoms with van der Waals surface area (Å²) < 4.78 is 13.0. The maximum atomic E-state index is 13.5. The number of para-hydroxylation sites is 1. The van der Waals surface area contributed by atoms with Crippen LogP contribution in [-0.4, -0.2) is 24.3 Å². The van der Waals surface area contributed by atoms with Crippen LogP contribution in [0.25, 0.3) is 12.2 Å². The zero-order valence-electron chi connectivity index (χ0n) is 18.6. The van der Waals surface area contributed by atoms with Gasteiger partial charge >= 0.3 is 5.97 Å². The van der Waals surface area contributed by atoms with E-state index in [1.165, 1.54) is 11.3 Å². The highest BCUT2D eigenvalue weighted by molar-refractivity contribution is 7.07. The van der Waals surface area contributed by atoms with Gasteiger partial charge in [-0.3, -0.25) is 9.36 Å². The molecule has 0 saturated heterocycles. The Kier molecular flexibility index (Phi) is 6.70. The van der Waals surface area contributed by atoms with Gasteiger partial charge in [0.1, 0.15) is 11.8 Å². The summed E-state index contributed by atoms with van der Waals surface area (Å²) in [5, 5.41) is 0. The van der Waals surface area contributed by atoms with E-state index < -0.39 is 12.0 Å². The molecule has 0 spiro atoms. The molecule has 7 heteroatoms. The third-order valence-electron chi connectivity index (χ3n) is 5.29. The normalized spacial score (nSPS) is 16.0. The summed E-state index contributed by atoms with van der Waals surface area (Å²) in [6, 6.07) is 16.5. The topological polar surface area (TPSA) is 69.9 Å². The molecular weight excluding hydrogens is 436 g/mol. The van der Waals surface area contributed by atoms with Crippen LogP contribution in [0.4, 0.5) is 0 Å². The van der Waals surface area contributed by atoms with E-state index in [4.69, 9.17) is 9.47 Å². The van der Waals surface area contributed by atoms with Gasteiger partial charge in [-0.05, 0) is 31.6 Å². The Morgan fingerprint density at radius 3 is 2.61 bits per heavy atom. The lowest BCUT2D eigenvalue weighted by molar-refractivity contribution is -0.139. The fourth-order valence-corrected chi connectivity index (χ4v) is 4.80. The molecule has 1 aliphatic rings. The van der Waals surface area contributed by atoms with Crippen molar-refractivity contribution in [3.8, 4) is 5.75 Å². The molecule has 3 aromatic rings. The number of aromatic nitrogens is 1. The Bertz CT molecular complexity index is 1410. The maximum absolute atomic E-state index is 13.5. The quantitative estimate of drug-likeness (QED) is 0.528. The minimum Gasteiger partial charge on any atom is -0.496 e. The van der Waals surface area contributed by atoms with Crippen molar-refractivity contribution < 1.29 is 14.3 Å². The standard InChI is InChI=1S/C26H24N2O4S/c1-4-32-25(30)22-17(2)27-26-28(23(22)19-14-8-9-15-20(19)31-3)24(29)21(33-26)16-10-13-18-11-6-5-7-12-18/h5-16,23H,4H2,1-3H3. The van der Waals surface area contributed by atoms with Gasteiger partial charge < -0.3 is 9.47 Å². The monoisotopic (exact) mass is 460 g/mol. The highest BCUT2D eigenvalue weighted by Crippen LogP contribution is 2.35. The third-order valence-corrected chi connectivity index (χ3v) is 6.29. The van der Waals surface area contributed by atoms with Crippen LogP contribution in [0.5, 0.6) is 5.75 Å². The molecule has 0 bridgehead atoms. The predicted octanol–water partition coefficient (Wildman–Crippen LogP) is 3.47. The Morgan fingerprint density at radius 2 is 1.88 bits per heavy atom. The van der Waals surface area contributed by atoms with Gasteiger partial charge in [0.2, 0.25) is 0 Å². The van der Waals surface area contributed by atoms with Crippen LogP contribution < -0.4 is 19.6 Å². The summed E-state index contributed by atoms with van der Waals surface area (Å²) >= 11 is 1.29. The molecule has 6 nitrogen and oxygen atoms in total. The third kappa shape index (κ3) is 4.45. The van der Waals surface area contributed by atoms with E-state index in [0.29, 0.717) is 31.9 Å². The molecule has 2 aromatic carbocycles. The summed E-state index contributed by atoms with van der Waals surface area (Å²) in [5.41, 5.74) is 2.37. The minimum atomic E-state index is -0.697. The number of rotatable bonds is 6. The molecule has 1 unspecified atom stereocenters. The molecule has 0 N–H and O–H groups in total. The van der Waals surface area contributed by atoms with Crippen molar-refractivity contribution in [2.45, 2.75) is 19.9 Å². The first-order chi connectivity index (χ1) is 16.0. The van der Waals surface area contributed by atoms with Crippen LogP contribution in [0.1, 0.15) is 31.0 Å². The van der Waals surface area contributed by atoms with Crippen molar-refractivity contribution in [2.24, 2.45) is 4.99 Å². The average molecular weight is 461 g/mol. The van der Waals surface area contributed by atoms with Crippen LogP contribution in [0.15, 0.2) is 81.7 Å². The smallest absolute Gasteiger partial charge is 0.338 e. The first-order valence-corrected chi connectivity index (χ1v) is 11.4. The van der Waals surface area contributed by atoms with E-state index in [1.807, 2.05) is 66.7 Å². The van der Waals surface area contributed by atoms with E-state index in [-0.39, 0.29) is 12.2 Å². The lowest BCUT2D eigenvalue weighted by atomic mass is 9.95. The summed E-state index contributed by atoms with van der Waals surface area (Å²) in [6.45, 7) is 3.74. The summed E-state index contributed by atoms with van der Waals surface area (Å²) in [6.07, 6.45) is 5.56. The van der Waals surface area contributed by atoms with Crippen molar-refractivity contribution in [1.82, 2.24) is 4.57 Å². The zero-order chi connectivity index (χ0) is 23.4. The van der Waals surface area contributed by atoms with E-state index in [1.54, 1.807) is 31.6 Å². The lowest BCUT2D eigenvalue weighted by Gasteiger charge is -2.25. The number of allylic oxidation sites excluding steroid dienone is 2. The lowest BCUT2D eigenvalue weighted by Crippen LogP contribution is -2.40. The van der Waals surface area contributed by atoms with E-state index in [9.17, 15) is 9.59 Å². The highest BCUT2D eigenvalue weighted by atomic mass is 32.1. The summed E-state index contributed by atoms with van der Waals surface area (Å²) in [7, 11) is 1.57. The van der Waals surface area contributed by atoms with Crippen molar-refractivity contribution in [3.63, 3.8) is 0 Å². The number of methoxy groups -OCH3 is 1. The predicted molar refractivity (Wildman–Crippen MR) is 130 cm³/mol. The second kappa shape index (κ2) is 9.83. The largest absolute Gasteiger partial charge is 0.496 e. The van der Waals surface area contributed by atoms with Gasteiger partial charge in [-0.2, -0.15) is 0 Å². The van der Waals surface area contributed by atoms with E-state index in [0.717, 1.165) is 5.56 Å². The number of nitrogens with zero attached hydrogens (tertiary/aromatic N) is 2. The number of hydrogen-bond acceptors (Lipinski definition) is 6. The molecule has 4 rings (SSSR count).